The minimum atomic E-state index is -0.850. The third kappa shape index (κ3) is 2.87. The molecule has 0 aliphatic heterocycles. The number of carbonyl (C=O) groups is 1. The molecule has 2 aromatic rings. The summed E-state index contributed by atoms with van der Waals surface area (Å²) in [7, 11) is 0. The number of rotatable bonds is 5. The summed E-state index contributed by atoms with van der Waals surface area (Å²) in [5, 5.41) is 10.6. The third-order valence-corrected chi connectivity index (χ3v) is 5.42. The van der Waals surface area contributed by atoms with E-state index in [2.05, 4.69) is 16.5 Å². The van der Waals surface area contributed by atoms with Crippen molar-refractivity contribution in [2.24, 2.45) is 5.92 Å². The van der Waals surface area contributed by atoms with Crippen LogP contribution in [-0.2, 0) is 4.79 Å². The van der Waals surface area contributed by atoms with E-state index in [4.69, 9.17) is 28.3 Å². The molecular formula is C14H14Cl2N2O2S. The first-order valence-electron chi connectivity index (χ1n) is 6.72. The zero-order valence-corrected chi connectivity index (χ0v) is 13.7. The molecule has 1 aliphatic rings. The number of benzene rings is 1. The van der Waals surface area contributed by atoms with Gasteiger partial charge in [0.2, 0.25) is 0 Å². The Morgan fingerprint density at radius 2 is 2.19 bits per heavy atom. The molecule has 21 heavy (non-hydrogen) atoms. The number of hydrogen-bond donors (Lipinski definition) is 1. The predicted molar refractivity (Wildman–Crippen MR) is 85.5 cm³/mol. The third-order valence-electron chi connectivity index (χ3n) is 3.77. The standard InChI is InChI=1S/C14H14Cl2N2O2S/c1-2-7-3-11(7)18-12-5-9(16)8(15)4-10(12)17-14(18)21-6-13(19)20/h4-5,7,11H,2-3,6H2,1H3,(H,19,20). The van der Waals surface area contributed by atoms with Crippen LogP contribution >= 0.6 is 35.0 Å². The quantitative estimate of drug-likeness (QED) is 0.811. The van der Waals surface area contributed by atoms with Gasteiger partial charge in [-0.15, -0.1) is 0 Å². The number of nitrogens with zero attached hydrogens (tertiary/aromatic N) is 2. The van der Waals surface area contributed by atoms with Gasteiger partial charge in [-0.3, -0.25) is 4.79 Å². The van der Waals surface area contributed by atoms with E-state index in [1.165, 1.54) is 11.8 Å². The molecule has 2 unspecified atom stereocenters. The molecule has 0 bridgehead atoms. The first kappa shape index (κ1) is 15.0. The Balaban J connectivity index is 2.07. The minimum Gasteiger partial charge on any atom is -0.481 e. The molecule has 1 aromatic carbocycles. The van der Waals surface area contributed by atoms with Crippen molar-refractivity contribution < 1.29 is 9.90 Å². The highest BCUT2D eigenvalue weighted by Gasteiger charge is 2.39. The van der Waals surface area contributed by atoms with E-state index >= 15 is 0 Å². The van der Waals surface area contributed by atoms with Crippen LogP contribution < -0.4 is 0 Å². The van der Waals surface area contributed by atoms with E-state index in [0.717, 1.165) is 29.0 Å². The maximum atomic E-state index is 10.8. The SMILES string of the molecule is CCC1CC1n1c(SCC(=O)O)nc2cc(Cl)c(Cl)cc21. The number of carboxylic acids is 1. The Bertz CT molecular complexity index is 717. The second-order valence-corrected chi connectivity index (χ2v) is 6.93. The van der Waals surface area contributed by atoms with Crippen molar-refractivity contribution >= 4 is 52.0 Å². The first-order valence-corrected chi connectivity index (χ1v) is 8.47. The van der Waals surface area contributed by atoms with Crippen LogP contribution in [0.5, 0.6) is 0 Å². The minimum absolute atomic E-state index is 0.00566. The lowest BCUT2D eigenvalue weighted by Crippen LogP contribution is -2.03. The second kappa shape index (κ2) is 5.71. The molecule has 1 aliphatic carbocycles. The van der Waals surface area contributed by atoms with Crippen LogP contribution in [0.2, 0.25) is 10.0 Å². The van der Waals surface area contributed by atoms with Gasteiger partial charge in [0.05, 0.1) is 26.8 Å². The van der Waals surface area contributed by atoms with Gasteiger partial charge in [-0.1, -0.05) is 48.3 Å². The van der Waals surface area contributed by atoms with Crippen molar-refractivity contribution in [3.63, 3.8) is 0 Å². The average molecular weight is 345 g/mol. The zero-order valence-electron chi connectivity index (χ0n) is 11.3. The molecule has 3 rings (SSSR count). The normalized spacial score (nSPS) is 20.9. The molecule has 1 saturated carbocycles. The van der Waals surface area contributed by atoms with Crippen LogP contribution in [0.1, 0.15) is 25.8 Å². The Morgan fingerprint density at radius 1 is 1.48 bits per heavy atom. The van der Waals surface area contributed by atoms with E-state index < -0.39 is 5.97 Å². The summed E-state index contributed by atoms with van der Waals surface area (Å²) >= 11 is 13.4. The lowest BCUT2D eigenvalue weighted by atomic mass is 10.3. The summed E-state index contributed by atoms with van der Waals surface area (Å²) in [6, 6.07) is 3.94. The Morgan fingerprint density at radius 3 is 2.81 bits per heavy atom. The average Bonchev–Trinajstić information content (AvgIpc) is 3.13. The predicted octanol–water partition coefficient (Wildman–Crippen LogP) is 4.49. The molecular weight excluding hydrogens is 331 g/mol. The van der Waals surface area contributed by atoms with Crippen molar-refractivity contribution in [2.45, 2.75) is 31.0 Å². The van der Waals surface area contributed by atoms with E-state index in [0.29, 0.717) is 22.0 Å². The highest BCUT2D eigenvalue weighted by atomic mass is 35.5. The van der Waals surface area contributed by atoms with Crippen molar-refractivity contribution in [3.8, 4) is 0 Å². The summed E-state index contributed by atoms with van der Waals surface area (Å²) in [6.07, 6.45) is 2.21. The Kier molecular flexibility index (Phi) is 4.08. The summed E-state index contributed by atoms with van der Waals surface area (Å²) in [5.74, 6) is -0.229. The molecule has 0 radical (unpaired) electrons. The van der Waals surface area contributed by atoms with Crippen LogP contribution in [0, 0.1) is 5.92 Å². The lowest BCUT2D eigenvalue weighted by Gasteiger charge is -2.08. The monoisotopic (exact) mass is 344 g/mol. The van der Waals surface area contributed by atoms with Gasteiger partial charge in [-0.2, -0.15) is 0 Å². The maximum absolute atomic E-state index is 10.8. The first-order chi connectivity index (χ1) is 10.0. The van der Waals surface area contributed by atoms with Crippen LogP contribution in [0.3, 0.4) is 0 Å². The number of thioether (sulfide) groups is 1. The molecule has 0 spiro atoms. The maximum Gasteiger partial charge on any atom is 0.313 e. The van der Waals surface area contributed by atoms with Crippen molar-refractivity contribution in [3.05, 3.63) is 22.2 Å². The lowest BCUT2D eigenvalue weighted by molar-refractivity contribution is -0.133. The van der Waals surface area contributed by atoms with Gasteiger partial charge in [0.1, 0.15) is 0 Å². The number of aliphatic carboxylic acids is 1. The number of hydrogen-bond acceptors (Lipinski definition) is 3. The van der Waals surface area contributed by atoms with E-state index in [9.17, 15) is 4.79 Å². The number of aromatic nitrogens is 2. The molecule has 1 N–H and O–H groups in total. The highest BCUT2D eigenvalue weighted by Crippen LogP contribution is 2.49. The number of halogens is 2. The van der Waals surface area contributed by atoms with E-state index in [1.54, 1.807) is 6.07 Å². The highest BCUT2D eigenvalue weighted by molar-refractivity contribution is 7.99. The van der Waals surface area contributed by atoms with E-state index in [-0.39, 0.29) is 5.75 Å². The second-order valence-electron chi connectivity index (χ2n) is 5.17. The summed E-state index contributed by atoms with van der Waals surface area (Å²) in [6.45, 7) is 2.16. The fourth-order valence-corrected chi connectivity index (χ4v) is 3.71. The Labute approximate surface area is 136 Å². The number of carboxylic acid groups (broad SMARTS) is 1. The van der Waals surface area contributed by atoms with Gasteiger partial charge in [-0.05, 0) is 24.5 Å². The van der Waals surface area contributed by atoms with Crippen molar-refractivity contribution in [1.82, 2.24) is 9.55 Å². The fraction of sp³-hybridized carbons (Fsp3) is 0.429. The van der Waals surface area contributed by atoms with Crippen LogP contribution in [0.25, 0.3) is 11.0 Å². The smallest absolute Gasteiger partial charge is 0.313 e. The molecule has 4 nitrogen and oxygen atoms in total. The molecule has 0 saturated heterocycles. The largest absolute Gasteiger partial charge is 0.481 e. The zero-order chi connectivity index (χ0) is 15.1. The fourth-order valence-electron chi connectivity index (χ4n) is 2.60. The molecule has 0 amide bonds. The van der Waals surface area contributed by atoms with Crippen LogP contribution in [0.15, 0.2) is 17.3 Å². The molecule has 112 valence electrons. The van der Waals surface area contributed by atoms with Gasteiger partial charge < -0.3 is 9.67 Å². The topological polar surface area (TPSA) is 55.1 Å². The van der Waals surface area contributed by atoms with Crippen molar-refractivity contribution in [2.75, 3.05) is 5.75 Å². The Hall–Kier alpha value is -0.910. The molecule has 2 atom stereocenters. The van der Waals surface area contributed by atoms with Gasteiger partial charge in [0, 0.05) is 6.04 Å². The van der Waals surface area contributed by atoms with Gasteiger partial charge in [0.25, 0.3) is 0 Å². The van der Waals surface area contributed by atoms with Crippen molar-refractivity contribution in [1.29, 1.82) is 0 Å². The van der Waals surface area contributed by atoms with Gasteiger partial charge >= 0.3 is 5.97 Å². The molecule has 1 fully saturated rings. The number of fused-ring (bicyclic) bond motifs is 1. The molecule has 1 aromatic heterocycles. The van der Waals surface area contributed by atoms with E-state index in [1.807, 2.05) is 6.07 Å². The molecule has 7 heteroatoms. The molecule has 1 heterocycles. The van der Waals surface area contributed by atoms with Gasteiger partial charge in [-0.25, -0.2) is 4.98 Å². The number of imidazole rings is 1. The summed E-state index contributed by atoms with van der Waals surface area (Å²) in [4.78, 5) is 15.3. The summed E-state index contributed by atoms with van der Waals surface area (Å²) < 4.78 is 2.12. The van der Waals surface area contributed by atoms with Crippen LogP contribution in [-0.4, -0.2) is 26.4 Å². The van der Waals surface area contributed by atoms with Crippen LogP contribution in [0.4, 0.5) is 0 Å². The van der Waals surface area contributed by atoms with Gasteiger partial charge in [0.15, 0.2) is 5.16 Å². The summed E-state index contributed by atoms with van der Waals surface area (Å²) in [5.41, 5.74) is 1.69.